The highest BCUT2D eigenvalue weighted by Gasteiger charge is 2.21. The molecule has 7 heteroatoms. The van der Waals surface area contributed by atoms with E-state index in [2.05, 4.69) is 10.3 Å². The zero-order chi connectivity index (χ0) is 12.3. The first-order valence-corrected chi connectivity index (χ1v) is 7.34. The lowest BCUT2D eigenvalue weighted by atomic mass is 10.6. The summed E-state index contributed by atoms with van der Waals surface area (Å²) in [6.45, 7) is 4.91. The molecule has 0 atom stereocenters. The molecule has 0 aromatic carbocycles. The molecule has 1 aromatic heterocycles. The van der Waals surface area contributed by atoms with Crippen molar-refractivity contribution in [3.63, 3.8) is 0 Å². The summed E-state index contributed by atoms with van der Waals surface area (Å²) in [5.74, 6) is -1.04. The first-order valence-electron chi connectivity index (χ1n) is 4.75. The van der Waals surface area contributed by atoms with E-state index in [1.54, 1.807) is 26.2 Å². The number of hydrogen-bond acceptors (Lipinski definition) is 5. The average Bonchev–Trinajstić information content (AvgIpc) is 2.49. The molecule has 0 aliphatic rings. The molecule has 90 valence electrons. The Kier molecular flexibility index (Phi) is 4.03. The quantitative estimate of drug-likeness (QED) is 0.885. The minimum atomic E-state index is -3.35. The van der Waals surface area contributed by atoms with Crippen LogP contribution in [-0.2, 0) is 14.6 Å². The molecule has 0 bridgehead atoms. The van der Waals surface area contributed by atoms with E-state index in [1.165, 1.54) is 11.3 Å². The number of aryl methyl sites for hydroxylation is 1. The van der Waals surface area contributed by atoms with Gasteiger partial charge in [-0.1, -0.05) is 0 Å². The molecule has 0 saturated heterocycles. The van der Waals surface area contributed by atoms with Crippen molar-refractivity contribution in [3.8, 4) is 0 Å². The van der Waals surface area contributed by atoms with E-state index in [-0.39, 0.29) is 0 Å². The number of anilines is 1. The number of carbonyl (C=O) groups excluding carboxylic acids is 1. The van der Waals surface area contributed by atoms with Crippen molar-refractivity contribution in [1.29, 1.82) is 0 Å². The number of carbonyl (C=O) groups is 1. The van der Waals surface area contributed by atoms with Crippen molar-refractivity contribution < 1.29 is 13.2 Å². The number of amides is 1. The summed E-state index contributed by atoms with van der Waals surface area (Å²) in [5, 5.41) is 4.13. The summed E-state index contributed by atoms with van der Waals surface area (Å²) in [6, 6.07) is 0. The molecule has 1 aromatic rings. The largest absolute Gasteiger partial charge is 0.301 e. The molecule has 1 N–H and O–H groups in total. The molecular weight excluding hydrogens is 248 g/mol. The molecule has 0 fully saturated rings. The van der Waals surface area contributed by atoms with Gasteiger partial charge in [0.05, 0.1) is 10.9 Å². The second kappa shape index (κ2) is 4.92. The zero-order valence-electron chi connectivity index (χ0n) is 9.35. The Labute approximate surface area is 98.8 Å². The molecule has 0 saturated carbocycles. The Morgan fingerprint density at radius 1 is 1.56 bits per heavy atom. The molecule has 1 heterocycles. The lowest BCUT2D eigenvalue weighted by Gasteiger charge is -2.06. The van der Waals surface area contributed by atoms with Crippen molar-refractivity contribution in [3.05, 3.63) is 11.1 Å². The molecule has 0 aliphatic carbocycles. The highest BCUT2D eigenvalue weighted by atomic mass is 32.2. The normalized spacial score (nSPS) is 11.8. The van der Waals surface area contributed by atoms with Crippen LogP contribution in [-0.4, -0.2) is 30.3 Å². The van der Waals surface area contributed by atoms with Gasteiger partial charge in [0.15, 0.2) is 15.0 Å². The highest BCUT2D eigenvalue weighted by molar-refractivity contribution is 7.92. The summed E-state index contributed by atoms with van der Waals surface area (Å²) in [4.78, 5) is 15.4. The summed E-state index contributed by atoms with van der Waals surface area (Å²) < 4.78 is 22.9. The van der Waals surface area contributed by atoms with Crippen LogP contribution in [0.1, 0.15) is 19.5 Å². The van der Waals surface area contributed by atoms with Gasteiger partial charge in [-0.05, 0) is 20.8 Å². The maximum absolute atomic E-state index is 11.5. The van der Waals surface area contributed by atoms with E-state index in [9.17, 15) is 13.2 Å². The molecule has 5 nitrogen and oxygen atoms in total. The molecule has 0 radical (unpaired) electrons. The number of nitrogens with zero attached hydrogens (tertiary/aromatic N) is 1. The molecule has 1 amide bonds. The lowest BCUT2D eigenvalue weighted by Crippen LogP contribution is -2.27. The van der Waals surface area contributed by atoms with E-state index in [1.807, 2.05) is 0 Å². The van der Waals surface area contributed by atoms with Crippen LogP contribution in [0.2, 0.25) is 0 Å². The minimum absolute atomic E-state index is 0.432. The fourth-order valence-electron chi connectivity index (χ4n) is 0.916. The van der Waals surface area contributed by atoms with Gasteiger partial charge in [0.1, 0.15) is 5.75 Å². The monoisotopic (exact) mass is 262 g/mol. The second-order valence-electron chi connectivity index (χ2n) is 3.70. The maximum Gasteiger partial charge on any atom is 0.241 e. The number of sulfone groups is 1. The molecule has 0 aliphatic heterocycles. The second-order valence-corrected chi connectivity index (χ2v) is 7.11. The van der Waals surface area contributed by atoms with Crippen molar-refractivity contribution in [2.24, 2.45) is 0 Å². The van der Waals surface area contributed by atoms with E-state index >= 15 is 0 Å². The van der Waals surface area contributed by atoms with Crippen LogP contribution >= 0.6 is 11.3 Å². The van der Waals surface area contributed by atoms with Crippen LogP contribution < -0.4 is 5.32 Å². The zero-order valence-corrected chi connectivity index (χ0v) is 11.0. The van der Waals surface area contributed by atoms with Crippen LogP contribution in [0.15, 0.2) is 5.38 Å². The molecule has 0 unspecified atom stereocenters. The average molecular weight is 262 g/mol. The fourth-order valence-corrected chi connectivity index (χ4v) is 2.39. The summed E-state index contributed by atoms with van der Waals surface area (Å²) in [6.07, 6.45) is 0. The number of thiazole rings is 1. The summed E-state index contributed by atoms with van der Waals surface area (Å²) >= 11 is 1.27. The number of hydrogen-bond donors (Lipinski definition) is 1. The van der Waals surface area contributed by atoms with Crippen molar-refractivity contribution in [1.82, 2.24) is 4.98 Å². The Bertz CT molecular complexity index is 477. The Hall–Kier alpha value is -0.950. The first kappa shape index (κ1) is 13.1. The Morgan fingerprint density at radius 3 is 2.62 bits per heavy atom. The fraction of sp³-hybridized carbons (Fsp3) is 0.556. The maximum atomic E-state index is 11.5. The third-order valence-corrected chi connectivity index (χ3v) is 4.89. The first-order chi connectivity index (χ1) is 7.31. The van der Waals surface area contributed by atoms with Gasteiger partial charge in [-0.2, -0.15) is 0 Å². The lowest BCUT2D eigenvalue weighted by molar-refractivity contribution is -0.113. The van der Waals surface area contributed by atoms with Gasteiger partial charge >= 0.3 is 0 Å². The van der Waals surface area contributed by atoms with Crippen LogP contribution in [0, 0.1) is 6.92 Å². The number of nitrogens with one attached hydrogen (secondary N) is 1. The minimum Gasteiger partial charge on any atom is -0.301 e. The molecule has 0 spiro atoms. The van der Waals surface area contributed by atoms with Crippen LogP contribution in [0.5, 0.6) is 0 Å². The molecule has 1 rings (SSSR count). The summed E-state index contributed by atoms with van der Waals surface area (Å²) in [7, 11) is -3.35. The van der Waals surface area contributed by atoms with Gasteiger partial charge in [-0.15, -0.1) is 11.3 Å². The SMILES string of the molecule is Cc1csc(NC(=O)CS(=O)(=O)C(C)C)n1. The van der Waals surface area contributed by atoms with Crippen molar-refractivity contribution in [2.75, 3.05) is 11.1 Å². The Morgan fingerprint density at radius 2 is 2.19 bits per heavy atom. The van der Waals surface area contributed by atoms with Gasteiger partial charge < -0.3 is 5.32 Å². The number of aromatic nitrogens is 1. The predicted molar refractivity (Wildman–Crippen MR) is 64.4 cm³/mol. The van der Waals surface area contributed by atoms with Crippen molar-refractivity contribution >= 4 is 32.2 Å². The summed E-state index contributed by atoms with van der Waals surface area (Å²) in [5.41, 5.74) is 0.798. The van der Waals surface area contributed by atoms with Crippen LogP contribution in [0.4, 0.5) is 5.13 Å². The third-order valence-electron chi connectivity index (χ3n) is 1.92. The number of rotatable bonds is 4. The van der Waals surface area contributed by atoms with Crippen LogP contribution in [0.25, 0.3) is 0 Å². The van der Waals surface area contributed by atoms with Crippen molar-refractivity contribution in [2.45, 2.75) is 26.0 Å². The van der Waals surface area contributed by atoms with Gasteiger partial charge in [-0.25, -0.2) is 13.4 Å². The van der Waals surface area contributed by atoms with E-state index in [4.69, 9.17) is 0 Å². The standard InChI is InChI=1S/C9H14N2O3S2/c1-6(2)16(13,14)5-8(12)11-9-10-7(3)4-15-9/h4,6H,5H2,1-3H3,(H,10,11,12). The van der Waals surface area contributed by atoms with Gasteiger partial charge in [0.2, 0.25) is 5.91 Å². The highest BCUT2D eigenvalue weighted by Crippen LogP contribution is 2.14. The van der Waals surface area contributed by atoms with E-state index < -0.39 is 26.7 Å². The molecule has 16 heavy (non-hydrogen) atoms. The predicted octanol–water partition coefficient (Wildman–Crippen LogP) is 1.21. The molecular formula is C9H14N2O3S2. The van der Waals surface area contributed by atoms with E-state index in [0.29, 0.717) is 5.13 Å². The van der Waals surface area contributed by atoms with Gasteiger partial charge in [0, 0.05) is 5.38 Å². The smallest absolute Gasteiger partial charge is 0.241 e. The van der Waals surface area contributed by atoms with Gasteiger partial charge in [-0.3, -0.25) is 4.79 Å². The topological polar surface area (TPSA) is 76.1 Å². The Balaban J connectivity index is 2.62. The third kappa shape index (κ3) is 3.57. The van der Waals surface area contributed by atoms with Gasteiger partial charge in [0.25, 0.3) is 0 Å². The van der Waals surface area contributed by atoms with E-state index in [0.717, 1.165) is 5.69 Å². The van der Waals surface area contributed by atoms with Crippen LogP contribution in [0.3, 0.4) is 0 Å².